The molecule has 120 valence electrons. The molecule has 0 aliphatic heterocycles. The SMILES string of the molecule is [3H]c1ccc(OCc2c(-n3nnn(C)c3=O)coc2CC)c(C)c1. The van der Waals surface area contributed by atoms with Crippen LogP contribution >= 0.6 is 0 Å². The molecule has 0 saturated carbocycles. The predicted octanol–water partition coefficient (Wildman–Crippen LogP) is 2.01. The zero-order valence-corrected chi connectivity index (χ0v) is 13.2. The molecule has 7 heteroatoms. The molecular formula is C16H18N4O3. The molecule has 0 atom stereocenters. The summed E-state index contributed by atoms with van der Waals surface area (Å²) in [4.78, 5) is 12.1. The van der Waals surface area contributed by atoms with Crippen molar-refractivity contribution in [2.45, 2.75) is 26.9 Å². The summed E-state index contributed by atoms with van der Waals surface area (Å²) in [7, 11) is 1.54. The molecule has 0 radical (unpaired) electrons. The Morgan fingerprint density at radius 3 is 2.87 bits per heavy atom. The van der Waals surface area contributed by atoms with Crippen LogP contribution in [0, 0.1) is 6.92 Å². The zero-order valence-electron chi connectivity index (χ0n) is 14.2. The van der Waals surface area contributed by atoms with Gasteiger partial charge in [-0.15, -0.1) is 0 Å². The number of hydrogen-bond acceptors (Lipinski definition) is 5. The lowest BCUT2D eigenvalue weighted by Gasteiger charge is -2.09. The van der Waals surface area contributed by atoms with Gasteiger partial charge in [-0.2, -0.15) is 9.36 Å². The molecule has 0 unspecified atom stereocenters. The van der Waals surface area contributed by atoms with Crippen molar-refractivity contribution in [2.75, 3.05) is 0 Å². The summed E-state index contributed by atoms with van der Waals surface area (Å²) < 4.78 is 21.4. The van der Waals surface area contributed by atoms with E-state index in [-0.39, 0.29) is 12.3 Å². The van der Waals surface area contributed by atoms with Gasteiger partial charge in [-0.3, -0.25) is 0 Å². The Morgan fingerprint density at radius 2 is 2.22 bits per heavy atom. The minimum absolute atomic E-state index is 0.232. The highest BCUT2D eigenvalue weighted by Crippen LogP contribution is 2.24. The summed E-state index contributed by atoms with van der Waals surface area (Å²) in [5, 5.41) is 7.58. The highest BCUT2D eigenvalue weighted by molar-refractivity contribution is 5.41. The van der Waals surface area contributed by atoms with E-state index in [4.69, 9.17) is 10.5 Å². The van der Waals surface area contributed by atoms with E-state index in [9.17, 15) is 4.79 Å². The molecule has 2 heterocycles. The number of tetrazole rings is 1. The largest absolute Gasteiger partial charge is 0.488 e. The molecule has 3 aromatic rings. The molecule has 0 N–H and O–H groups in total. The monoisotopic (exact) mass is 316 g/mol. The van der Waals surface area contributed by atoms with Crippen molar-refractivity contribution in [3.63, 3.8) is 0 Å². The van der Waals surface area contributed by atoms with Gasteiger partial charge in [-0.25, -0.2) is 4.79 Å². The topological polar surface area (TPSA) is 75.1 Å². The molecule has 0 aliphatic carbocycles. The Kier molecular flexibility index (Phi) is 3.67. The molecule has 23 heavy (non-hydrogen) atoms. The van der Waals surface area contributed by atoms with Crippen LogP contribution in [0.3, 0.4) is 0 Å². The number of benzene rings is 1. The molecule has 0 amide bonds. The predicted molar refractivity (Wildman–Crippen MR) is 83.8 cm³/mol. The quantitative estimate of drug-likeness (QED) is 0.720. The normalized spacial score (nSPS) is 11.5. The van der Waals surface area contributed by atoms with Crippen molar-refractivity contribution in [3.8, 4) is 11.4 Å². The van der Waals surface area contributed by atoms with E-state index in [0.29, 0.717) is 23.9 Å². The van der Waals surface area contributed by atoms with Gasteiger partial charge in [0.15, 0.2) is 0 Å². The van der Waals surface area contributed by atoms with Gasteiger partial charge in [-0.05, 0) is 29.0 Å². The van der Waals surface area contributed by atoms with Crippen LogP contribution in [-0.4, -0.2) is 19.8 Å². The van der Waals surface area contributed by atoms with Crippen LogP contribution < -0.4 is 10.4 Å². The molecule has 0 aliphatic rings. The Bertz CT molecular complexity index is 926. The first-order valence-electron chi connectivity index (χ1n) is 7.80. The first kappa shape index (κ1) is 13.8. The number of hydrogen-bond donors (Lipinski definition) is 0. The fourth-order valence-electron chi connectivity index (χ4n) is 2.32. The van der Waals surface area contributed by atoms with Gasteiger partial charge in [0.1, 0.15) is 30.1 Å². The van der Waals surface area contributed by atoms with E-state index in [2.05, 4.69) is 10.4 Å². The third-order valence-corrected chi connectivity index (χ3v) is 3.62. The highest BCUT2D eigenvalue weighted by atomic mass is 16.5. The van der Waals surface area contributed by atoms with E-state index < -0.39 is 0 Å². The third kappa shape index (κ3) is 2.77. The maximum Gasteiger partial charge on any atom is 0.368 e. The number of aromatic nitrogens is 4. The summed E-state index contributed by atoms with van der Waals surface area (Å²) in [5.74, 6) is 1.42. The lowest BCUT2D eigenvalue weighted by Crippen LogP contribution is -2.22. The van der Waals surface area contributed by atoms with Gasteiger partial charge in [0, 0.05) is 13.5 Å². The van der Waals surface area contributed by atoms with Crippen LogP contribution in [0.2, 0.25) is 0 Å². The van der Waals surface area contributed by atoms with Crippen LogP contribution in [0.5, 0.6) is 5.75 Å². The molecular weight excluding hydrogens is 296 g/mol. The Hall–Kier alpha value is -2.83. The number of furan rings is 1. The second-order valence-electron chi connectivity index (χ2n) is 5.15. The lowest BCUT2D eigenvalue weighted by molar-refractivity contribution is 0.300. The van der Waals surface area contributed by atoms with Crippen LogP contribution in [0.1, 0.15) is 25.2 Å². The molecule has 2 aromatic heterocycles. The first-order valence-corrected chi connectivity index (χ1v) is 7.30. The van der Waals surface area contributed by atoms with Crippen molar-refractivity contribution in [3.05, 3.63) is 57.9 Å². The molecule has 7 nitrogen and oxygen atoms in total. The van der Waals surface area contributed by atoms with Gasteiger partial charge in [-0.1, -0.05) is 25.1 Å². The molecule has 0 fully saturated rings. The minimum atomic E-state index is -0.352. The fraction of sp³-hybridized carbons (Fsp3) is 0.312. The Balaban J connectivity index is 1.94. The molecule has 3 rings (SSSR count). The van der Waals surface area contributed by atoms with Crippen molar-refractivity contribution in [1.82, 2.24) is 19.8 Å². The van der Waals surface area contributed by atoms with Crippen LogP contribution in [0.4, 0.5) is 0 Å². The van der Waals surface area contributed by atoms with Gasteiger partial charge < -0.3 is 9.15 Å². The Labute approximate surface area is 134 Å². The number of nitrogens with zero attached hydrogens (tertiary/aromatic N) is 4. The maximum absolute atomic E-state index is 12.1. The summed E-state index contributed by atoms with van der Waals surface area (Å²) in [6, 6.07) is 5.60. The lowest BCUT2D eigenvalue weighted by atomic mass is 10.2. The van der Waals surface area contributed by atoms with E-state index >= 15 is 0 Å². The molecule has 1 aromatic carbocycles. The van der Waals surface area contributed by atoms with Crippen molar-refractivity contribution >= 4 is 0 Å². The molecule has 0 saturated heterocycles. The second kappa shape index (κ2) is 6.12. The summed E-state index contributed by atoms with van der Waals surface area (Å²) >= 11 is 0. The summed E-state index contributed by atoms with van der Waals surface area (Å²) in [6.07, 6.45) is 2.16. The summed E-state index contributed by atoms with van der Waals surface area (Å²) in [6.45, 7) is 4.08. The van der Waals surface area contributed by atoms with Crippen LogP contribution in [0.25, 0.3) is 5.69 Å². The molecule has 0 bridgehead atoms. The number of aryl methyl sites for hydroxylation is 3. The first-order chi connectivity index (χ1) is 11.5. The fourth-order valence-corrected chi connectivity index (χ4v) is 2.32. The van der Waals surface area contributed by atoms with Crippen molar-refractivity contribution in [2.24, 2.45) is 7.05 Å². The van der Waals surface area contributed by atoms with E-state index in [1.807, 2.05) is 13.8 Å². The van der Waals surface area contributed by atoms with Gasteiger partial charge >= 0.3 is 5.69 Å². The number of rotatable bonds is 5. The average molecular weight is 316 g/mol. The van der Waals surface area contributed by atoms with Gasteiger partial charge in [0.25, 0.3) is 0 Å². The van der Waals surface area contributed by atoms with Crippen molar-refractivity contribution in [1.29, 1.82) is 0 Å². The van der Waals surface area contributed by atoms with Gasteiger partial charge in [0.2, 0.25) is 0 Å². The van der Waals surface area contributed by atoms with Gasteiger partial charge in [0.05, 0.1) is 6.93 Å². The maximum atomic E-state index is 12.1. The highest BCUT2D eigenvalue weighted by Gasteiger charge is 2.18. The zero-order chi connectivity index (χ0) is 17.3. The standard InChI is InChI=1S/C16H18N4O3/c1-4-14-12(9-22-15-8-6-5-7-11(15)2)13(10-23-14)20-16(21)19(3)17-18-20/h5-8,10H,4,9H2,1-3H3/i5T. The van der Waals surface area contributed by atoms with Crippen LogP contribution in [-0.2, 0) is 20.1 Å². The van der Waals surface area contributed by atoms with Crippen molar-refractivity contribution < 1.29 is 10.5 Å². The van der Waals surface area contributed by atoms with Crippen LogP contribution in [0.15, 0.2) is 39.7 Å². The van der Waals surface area contributed by atoms with E-state index in [1.54, 1.807) is 18.2 Å². The number of para-hydroxylation sites is 1. The smallest absolute Gasteiger partial charge is 0.368 e. The third-order valence-electron chi connectivity index (χ3n) is 3.62. The van der Waals surface area contributed by atoms with E-state index in [0.717, 1.165) is 21.6 Å². The summed E-state index contributed by atoms with van der Waals surface area (Å²) in [5.41, 5.74) is 1.81. The minimum Gasteiger partial charge on any atom is -0.488 e. The van der Waals surface area contributed by atoms with E-state index in [1.165, 1.54) is 18.0 Å². The number of ether oxygens (including phenoxy) is 1. The Morgan fingerprint density at radius 1 is 1.39 bits per heavy atom. The average Bonchev–Trinajstić information content (AvgIpc) is 3.10. The molecule has 0 spiro atoms. The second-order valence-corrected chi connectivity index (χ2v) is 5.15.